The molecule has 0 atom stereocenters. The maximum Gasteiger partial charge on any atom is -1.00 e. The zero-order valence-corrected chi connectivity index (χ0v) is 18.9. The van der Waals surface area contributed by atoms with Crippen molar-refractivity contribution in [2.45, 2.75) is 12.8 Å². The van der Waals surface area contributed by atoms with Crippen LogP contribution in [0.4, 0.5) is 0 Å². The van der Waals surface area contributed by atoms with Gasteiger partial charge in [0.15, 0.2) is 0 Å². The molecule has 0 fully saturated rings. The second-order valence-corrected chi connectivity index (χ2v) is 11.1. The molecule has 2 aliphatic carbocycles. The second-order valence-electron chi connectivity index (χ2n) is 5.85. The van der Waals surface area contributed by atoms with Gasteiger partial charge in [-0.05, 0) is 0 Å². The molecule has 0 amide bonds. The Morgan fingerprint density at radius 3 is 1.36 bits per heavy atom. The van der Waals surface area contributed by atoms with E-state index in [-0.39, 0.29) is 24.8 Å². The number of allylic oxidation sites excluding steroid dienone is 8. The van der Waals surface area contributed by atoms with Gasteiger partial charge >= 0.3 is 150 Å². The maximum atomic E-state index is 2.34. The summed E-state index contributed by atoms with van der Waals surface area (Å²) in [7, 11) is 0. The average molecular weight is 532 g/mol. The summed E-state index contributed by atoms with van der Waals surface area (Å²) in [6.07, 6.45) is 11.7. The van der Waals surface area contributed by atoms with Crippen molar-refractivity contribution < 1.29 is 47.7 Å². The van der Waals surface area contributed by atoms with Crippen LogP contribution in [0.25, 0.3) is 11.1 Å². The van der Waals surface area contributed by atoms with Gasteiger partial charge in [-0.2, -0.15) is 0 Å². The van der Waals surface area contributed by atoms with Crippen LogP contribution in [0.2, 0.25) is 0 Å². The molecule has 0 aliphatic heterocycles. The van der Waals surface area contributed by atoms with Crippen molar-refractivity contribution in [3.05, 3.63) is 103 Å². The van der Waals surface area contributed by atoms with Gasteiger partial charge in [0.05, 0.1) is 0 Å². The number of hydrogen-bond donors (Lipinski definition) is 0. The molecule has 0 spiro atoms. The van der Waals surface area contributed by atoms with Crippen molar-refractivity contribution in [3.63, 3.8) is 0 Å². The van der Waals surface area contributed by atoms with E-state index in [0.29, 0.717) is 0 Å². The van der Waals surface area contributed by atoms with Crippen molar-refractivity contribution in [3.8, 4) is 0 Å². The Bertz CT molecular complexity index is 759. The first kappa shape index (κ1) is 20.2. The van der Waals surface area contributed by atoms with E-state index in [1.54, 1.807) is 6.66 Å². The monoisotopic (exact) mass is 532 g/mol. The minimum absolute atomic E-state index is 0. The van der Waals surface area contributed by atoms with Crippen LogP contribution in [0, 0.1) is 0 Å². The molecule has 0 bridgehead atoms. The summed E-state index contributed by atoms with van der Waals surface area (Å²) < 4.78 is 3.48. The smallest absolute Gasteiger partial charge is 1.00 e. The van der Waals surface area contributed by atoms with Gasteiger partial charge < -0.3 is 24.8 Å². The summed E-state index contributed by atoms with van der Waals surface area (Å²) in [5.41, 5.74) is 5.77. The molecule has 0 nitrogen and oxygen atoms in total. The van der Waals surface area contributed by atoms with E-state index in [9.17, 15) is 0 Å². The van der Waals surface area contributed by atoms with E-state index >= 15 is 0 Å². The molecule has 4 rings (SSSR count). The normalized spacial score (nSPS) is 15.0. The summed E-state index contributed by atoms with van der Waals surface area (Å²) in [6.45, 7) is 0. The molecule has 0 N–H and O–H groups in total. The Labute approximate surface area is 173 Å². The Balaban J connectivity index is 0.00000113. The topological polar surface area (TPSA) is 0 Å². The maximum absolute atomic E-state index is 2.34. The molecule has 2 aromatic rings. The van der Waals surface area contributed by atoms with Gasteiger partial charge in [0, 0.05) is 0 Å². The molecule has 0 radical (unpaired) electrons. The molecule has 0 unspecified atom stereocenters. The van der Waals surface area contributed by atoms with Crippen LogP contribution >= 0.6 is 0 Å². The van der Waals surface area contributed by atoms with Crippen molar-refractivity contribution in [1.82, 2.24) is 0 Å². The first-order chi connectivity index (χ1) is 11.4. The van der Waals surface area contributed by atoms with E-state index in [1.165, 1.54) is 35.1 Å². The summed E-state index contributed by atoms with van der Waals surface area (Å²) >= 11 is -0.969. The van der Waals surface area contributed by atoms with E-state index < -0.39 is 22.9 Å². The van der Waals surface area contributed by atoms with Gasteiger partial charge in [0.1, 0.15) is 0 Å². The molecular formula is C22H18Cl2Hf. The first-order valence-electron chi connectivity index (χ1n) is 8.09. The molecule has 2 aliphatic rings. The van der Waals surface area contributed by atoms with Crippen LogP contribution in [-0.4, -0.2) is 0 Å². The number of benzene rings is 2. The third-order valence-electron chi connectivity index (χ3n) is 4.33. The van der Waals surface area contributed by atoms with Crippen LogP contribution < -0.4 is 24.8 Å². The van der Waals surface area contributed by atoms with Gasteiger partial charge in [-0.15, -0.1) is 0 Å². The Morgan fingerprint density at radius 1 is 0.560 bits per heavy atom. The van der Waals surface area contributed by atoms with Gasteiger partial charge in [-0.25, -0.2) is 0 Å². The van der Waals surface area contributed by atoms with Crippen LogP contribution in [0.5, 0.6) is 0 Å². The first-order valence-corrected chi connectivity index (χ1v) is 11.7. The molecule has 0 saturated heterocycles. The SMILES string of the molecule is C1=CC(c2ccccc2)=[C]([Hf+2][C]2=C(c3ccccc3)C=CC2)C1.[Cl-].[Cl-]. The standard InChI is InChI=1S/2C11H9.2ClH.Hf/c2*1-2-6-10(7-3-1)11-8-4-5-9-11;;;/h2*1-4,6-8H,5H2;2*1H;/q;;;;+2/p-2. The Hall–Kier alpha value is -1.15. The fourth-order valence-electron chi connectivity index (χ4n) is 3.21. The summed E-state index contributed by atoms with van der Waals surface area (Å²) in [5.74, 6) is 0. The minimum Gasteiger partial charge on any atom is -1.00 e. The van der Waals surface area contributed by atoms with E-state index in [2.05, 4.69) is 85.0 Å². The van der Waals surface area contributed by atoms with Gasteiger partial charge in [-0.1, -0.05) is 0 Å². The van der Waals surface area contributed by atoms with Crippen LogP contribution in [0.1, 0.15) is 24.0 Å². The zero-order chi connectivity index (χ0) is 15.5. The third kappa shape index (κ3) is 4.53. The Morgan fingerprint density at radius 2 is 0.960 bits per heavy atom. The van der Waals surface area contributed by atoms with E-state index in [4.69, 9.17) is 0 Å². The molecule has 3 heteroatoms. The van der Waals surface area contributed by atoms with Crippen LogP contribution in [0.3, 0.4) is 0 Å². The van der Waals surface area contributed by atoms with Gasteiger partial charge in [-0.3, -0.25) is 0 Å². The second kappa shape index (κ2) is 9.52. The Kier molecular flexibility index (Phi) is 7.68. The third-order valence-corrected chi connectivity index (χ3v) is 9.90. The molecule has 2 aromatic carbocycles. The summed E-state index contributed by atoms with van der Waals surface area (Å²) in [4.78, 5) is 0. The molecular weight excluding hydrogens is 514 g/mol. The predicted molar refractivity (Wildman–Crippen MR) is 94.2 cm³/mol. The fourth-order valence-corrected chi connectivity index (χ4v) is 8.70. The van der Waals surface area contributed by atoms with Crippen LogP contribution in [-0.2, 0) is 22.9 Å². The molecule has 124 valence electrons. The summed E-state index contributed by atoms with van der Waals surface area (Å²) in [5, 5.41) is 0. The quantitative estimate of drug-likeness (QED) is 0.481. The van der Waals surface area contributed by atoms with Crippen molar-refractivity contribution in [2.75, 3.05) is 0 Å². The fraction of sp³-hybridized carbons (Fsp3) is 0.0909. The molecule has 0 aromatic heterocycles. The molecule has 25 heavy (non-hydrogen) atoms. The van der Waals surface area contributed by atoms with Gasteiger partial charge in [0.25, 0.3) is 0 Å². The number of rotatable bonds is 4. The van der Waals surface area contributed by atoms with E-state index in [0.717, 1.165) is 0 Å². The van der Waals surface area contributed by atoms with Crippen LogP contribution in [0.15, 0.2) is 91.6 Å². The average Bonchev–Trinajstić information content (AvgIpc) is 3.26. The zero-order valence-electron chi connectivity index (χ0n) is 13.8. The molecule has 0 heterocycles. The largest absolute Gasteiger partial charge is 1.00 e. The molecule has 0 saturated carbocycles. The number of halogens is 2. The summed E-state index contributed by atoms with van der Waals surface area (Å²) in [6, 6.07) is 21.8. The van der Waals surface area contributed by atoms with Crippen molar-refractivity contribution >= 4 is 11.1 Å². The number of hydrogen-bond acceptors (Lipinski definition) is 0. The van der Waals surface area contributed by atoms with Crippen molar-refractivity contribution in [2.24, 2.45) is 0 Å². The van der Waals surface area contributed by atoms with Crippen molar-refractivity contribution in [1.29, 1.82) is 0 Å². The predicted octanol–water partition coefficient (Wildman–Crippen LogP) is -0.181. The van der Waals surface area contributed by atoms with E-state index in [1.807, 2.05) is 0 Å². The minimum atomic E-state index is -0.969. The van der Waals surface area contributed by atoms with Gasteiger partial charge in [0.2, 0.25) is 0 Å².